The monoisotopic (exact) mass is 750 g/mol. The maximum atomic E-state index is 5.80. The fourth-order valence-corrected chi connectivity index (χ4v) is 6.61. The van der Waals surface area contributed by atoms with Crippen LogP contribution in [0.2, 0.25) is 0 Å². The topological polar surface area (TPSA) is 94.4 Å². The van der Waals surface area contributed by atoms with E-state index in [-0.39, 0.29) is 5.25 Å². The third-order valence-corrected chi connectivity index (χ3v) is 9.27. The summed E-state index contributed by atoms with van der Waals surface area (Å²) < 4.78 is 13.5. The van der Waals surface area contributed by atoms with Crippen LogP contribution in [0.15, 0.2) is 53.5 Å². The van der Waals surface area contributed by atoms with Crippen molar-refractivity contribution >= 4 is 96.3 Å². The van der Waals surface area contributed by atoms with Crippen molar-refractivity contribution < 1.29 is 9.47 Å². The highest BCUT2D eigenvalue weighted by Gasteiger charge is 2.20. The minimum absolute atomic E-state index is 0.135. The van der Waals surface area contributed by atoms with Crippen LogP contribution in [0.25, 0.3) is 0 Å². The van der Waals surface area contributed by atoms with Gasteiger partial charge in [-0.3, -0.25) is 0 Å². The second-order valence-electron chi connectivity index (χ2n) is 6.75. The number of thioether (sulfide) groups is 1. The Bertz CT molecular complexity index is 1270. The predicted molar refractivity (Wildman–Crippen MR) is 161 cm³/mol. The number of aliphatic imine (C=N–C) groups is 1. The van der Waals surface area contributed by atoms with Crippen molar-refractivity contribution in [3.8, 4) is 11.5 Å². The van der Waals surface area contributed by atoms with Gasteiger partial charge in [0.25, 0.3) is 0 Å². The largest absolute Gasteiger partial charge is 0.472 e. The van der Waals surface area contributed by atoms with E-state index in [1.165, 1.54) is 29.1 Å². The first-order valence-corrected chi connectivity index (χ1v) is 15.3. The lowest BCUT2D eigenvalue weighted by molar-refractivity contribution is 0.344. The summed E-state index contributed by atoms with van der Waals surface area (Å²) >= 11 is 9.26. The number of hydrogen-bond acceptors (Lipinski definition) is 11. The van der Waals surface area contributed by atoms with Crippen LogP contribution in [0, 0.1) is 7.14 Å². The Morgan fingerprint density at radius 3 is 2.49 bits per heavy atom. The minimum atomic E-state index is 0.135. The van der Waals surface area contributed by atoms with Crippen molar-refractivity contribution in [2.45, 2.75) is 18.6 Å². The van der Waals surface area contributed by atoms with Crippen molar-refractivity contribution in [1.29, 1.82) is 0 Å². The molecule has 0 amide bonds. The van der Waals surface area contributed by atoms with Gasteiger partial charge in [-0.25, -0.2) is 0 Å². The minimum Gasteiger partial charge on any atom is -0.472 e. The average molecular weight is 750 g/mol. The molecule has 2 aromatic carbocycles. The van der Waals surface area contributed by atoms with Crippen LogP contribution in [0.3, 0.4) is 0 Å². The van der Waals surface area contributed by atoms with Crippen LogP contribution >= 0.6 is 79.6 Å². The molecule has 0 fully saturated rings. The molecule has 1 unspecified atom stereocenters. The zero-order valence-electron chi connectivity index (χ0n) is 18.4. The van der Waals surface area contributed by atoms with Gasteiger partial charge in [0.2, 0.25) is 10.3 Å². The van der Waals surface area contributed by atoms with Gasteiger partial charge in [-0.05, 0) is 75.2 Å². The first-order valence-electron chi connectivity index (χ1n) is 10.4. The molecule has 182 valence electrons. The van der Waals surface area contributed by atoms with Crippen molar-refractivity contribution in [3.63, 3.8) is 0 Å². The molecule has 13 heteroatoms. The van der Waals surface area contributed by atoms with E-state index in [2.05, 4.69) is 82.8 Å². The van der Waals surface area contributed by atoms with Crippen molar-refractivity contribution in [3.05, 3.63) is 65.7 Å². The molecule has 0 saturated carbocycles. The van der Waals surface area contributed by atoms with E-state index in [0.717, 1.165) is 39.5 Å². The standard InChI is InChI=1S/C22H20I2N6O2S3/c1-2-33-18(20-28-30-22(35-20)26-13-32-17-10-6-4-8-15(17)24)11-19-27-29-21(34-19)25-12-31-16-9-5-3-7-14(16)23/h3-10,12,18H,2,11,13H2,1H3,(H,26,30). The van der Waals surface area contributed by atoms with E-state index in [0.29, 0.717) is 18.3 Å². The smallest absolute Gasteiger partial charge is 0.234 e. The van der Waals surface area contributed by atoms with Gasteiger partial charge in [-0.1, -0.05) is 53.9 Å². The number of para-hydroxylation sites is 2. The van der Waals surface area contributed by atoms with Crippen LogP contribution in [-0.2, 0) is 6.42 Å². The van der Waals surface area contributed by atoms with Gasteiger partial charge in [0.05, 0.1) is 12.4 Å². The second-order valence-corrected chi connectivity index (χ2v) is 12.6. The number of hydrogen-bond donors (Lipinski definition) is 1. The number of anilines is 1. The molecule has 1 N–H and O–H groups in total. The molecular formula is C22H20I2N6O2S3. The zero-order chi connectivity index (χ0) is 24.5. The second kappa shape index (κ2) is 13.7. The number of nitrogens with one attached hydrogen (secondary N) is 1. The molecule has 0 spiro atoms. The molecule has 35 heavy (non-hydrogen) atoms. The number of aromatic nitrogens is 4. The van der Waals surface area contributed by atoms with Crippen molar-refractivity contribution in [1.82, 2.24) is 20.4 Å². The lowest BCUT2D eigenvalue weighted by Crippen LogP contribution is -2.09. The number of rotatable bonds is 12. The molecule has 0 aliphatic rings. The highest BCUT2D eigenvalue weighted by Crippen LogP contribution is 2.36. The molecule has 1 atom stereocenters. The number of ether oxygens (including phenoxy) is 2. The van der Waals surface area contributed by atoms with E-state index in [9.17, 15) is 0 Å². The summed E-state index contributed by atoms with van der Waals surface area (Å²) in [5.41, 5.74) is 0. The lowest BCUT2D eigenvalue weighted by atomic mass is 10.3. The fourth-order valence-electron chi connectivity index (χ4n) is 2.80. The number of benzene rings is 2. The summed E-state index contributed by atoms with van der Waals surface area (Å²) in [7, 11) is 0. The molecule has 0 bridgehead atoms. The van der Waals surface area contributed by atoms with Gasteiger partial charge >= 0.3 is 0 Å². The summed E-state index contributed by atoms with van der Waals surface area (Å²) in [4.78, 5) is 4.30. The summed E-state index contributed by atoms with van der Waals surface area (Å²) in [5, 5.41) is 23.6. The Kier molecular flexibility index (Phi) is 10.3. The third-order valence-electron chi connectivity index (χ3n) is 4.37. The maximum Gasteiger partial charge on any atom is 0.234 e. The molecule has 0 saturated heterocycles. The average Bonchev–Trinajstić information content (AvgIpc) is 3.51. The summed E-state index contributed by atoms with van der Waals surface area (Å²) in [6, 6.07) is 15.6. The van der Waals surface area contributed by atoms with Gasteiger partial charge < -0.3 is 14.8 Å². The van der Waals surface area contributed by atoms with E-state index in [1.54, 1.807) is 0 Å². The van der Waals surface area contributed by atoms with E-state index in [4.69, 9.17) is 9.47 Å². The summed E-state index contributed by atoms with van der Waals surface area (Å²) in [5.74, 6) is 2.55. The molecule has 2 aromatic heterocycles. The van der Waals surface area contributed by atoms with Gasteiger partial charge in [-0.2, -0.15) is 16.8 Å². The Labute approximate surface area is 242 Å². The highest BCUT2D eigenvalue weighted by atomic mass is 127. The zero-order valence-corrected chi connectivity index (χ0v) is 25.2. The maximum absolute atomic E-state index is 5.80. The van der Waals surface area contributed by atoms with Crippen molar-refractivity contribution in [2.75, 3.05) is 17.8 Å². The molecule has 4 rings (SSSR count). The Morgan fingerprint density at radius 2 is 1.74 bits per heavy atom. The first-order chi connectivity index (χ1) is 17.1. The third kappa shape index (κ3) is 7.96. The SMILES string of the molecule is CCSC(Cc1nnc(N=COc2ccccc2I)s1)c1nnc(NCOc2ccccc2I)s1. The molecule has 0 radical (unpaired) electrons. The normalized spacial score (nSPS) is 12.1. The molecule has 0 aliphatic carbocycles. The van der Waals surface area contributed by atoms with Crippen molar-refractivity contribution in [2.24, 2.45) is 4.99 Å². The molecule has 8 nitrogen and oxygen atoms in total. The van der Waals surface area contributed by atoms with Crippen LogP contribution < -0.4 is 14.8 Å². The Hall–Kier alpha value is -1.56. The summed E-state index contributed by atoms with van der Waals surface area (Å²) in [6.45, 7) is 2.45. The predicted octanol–water partition coefficient (Wildman–Crippen LogP) is 6.82. The number of halogens is 2. The van der Waals surface area contributed by atoms with E-state index >= 15 is 0 Å². The van der Waals surface area contributed by atoms with Gasteiger partial charge in [0.15, 0.2) is 13.1 Å². The van der Waals surface area contributed by atoms with Crippen LogP contribution in [0.5, 0.6) is 11.5 Å². The molecule has 2 heterocycles. The Balaban J connectivity index is 1.32. The Morgan fingerprint density at radius 1 is 1.00 bits per heavy atom. The first kappa shape index (κ1) is 26.5. The van der Waals surface area contributed by atoms with Gasteiger partial charge in [0.1, 0.15) is 21.5 Å². The van der Waals surface area contributed by atoms with Crippen LogP contribution in [-0.4, -0.2) is 39.3 Å². The quantitative estimate of drug-likeness (QED) is 0.0730. The van der Waals surface area contributed by atoms with Gasteiger partial charge in [-0.15, -0.1) is 20.4 Å². The van der Waals surface area contributed by atoms with Crippen LogP contribution in [0.1, 0.15) is 22.2 Å². The highest BCUT2D eigenvalue weighted by molar-refractivity contribution is 14.1. The van der Waals surface area contributed by atoms with E-state index < -0.39 is 0 Å². The fraction of sp³-hybridized carbons (Fsp3) is 0.227. The van der Waals surface area contributed by atoms with E-state index in [1.807, 2.05) is 60.3 Å². The molecular weight excluding hydrogens is 730 g/mol. The summed E-state index contributed by atoms with van der Waals surface area (Å²) in [6.07, 6.45) is 2.11. The number of nitrogens with zero attached hydrogens (tertiary/aromatic N) is 5. The van der Waals surface area contributed by atoms with Crippen LogP contribution in [0.4, 0.5) is 10.3 Å². The molecule has 4 aromatic rings. The molecule has 0 aliphatic heterocycles. The van der Waals surface area contributed by atoms with Gasteiger partial charge in [0, 0.05) is 6.42 Å². The lowest BCUT2D eigenvalue weighted by Gasteiger charge is -2.10.